The van der Waals surface area contributed by atoms with Gasteiger partial charge in [-0.1, -0.05) is 0 Å². The van der Waals surface area contributed by atoms with E-state index in [2.05, 4.69) is 18.9 Å². The summed E-state index contributed by atoms with van der Waals surface area (Å²) in [5.41, 5.74) is 0. The first-order valence-electron chi connectivity index (χ1n) is 6.34. The number of carbonyl (C=O) groups is 1. The Hall–Kier alpha value is -0.770. The van der Waals surface area contributed by atoms with E-state index in [1.165, 1.54) is 0 Å². The molecule has 1 heterocycles. The molecule has 0 bridgehead atoms. The maximum atomic E-state index is 12.3. The summed E-state index contributed by atoms with van der Waals surface area (Å²) in [7, 11) is 2.13. The lowest BCUT2D eigenvalue weighted by Crippen LogP contribution is -2.48. The molecule has 0 N–H and O–H groups in total. The molecule has 0 spiro atoms. The average Bonchev–Trinajstić information content (AvgIpc) is 2.40. The number of likely N-dealkylation sites (N-methyl/N-ethyl adjacent to an activating group) is 1. The quantitative estimate of drug-likeness (QED) is 0.714. The van der Waals surface area contributed by atoms with Crippen LogP contribution in [-0.4, -0.2) is 66.5 Å². The van der Waals surface area contributed by atoms with Crippen LogP contribution in [-0.2, 0) is 0 Å². The van der Waals surface area contributed by atoms with Crippen molar-refractivity contribution in [1.82, 2.24) is 14.7 Å². The fraction of sp³-hybridized carbons (Fsp3) is 0.917. The zero-order valence-electron chi connectivity index (χ0n) is 11.1. The SMILES string of the molecule is CCN(CC)C(=O)N1CCCN(C)CC1C. The molecule has 1 rings (SSSR count). The van der Waals surface area contributed by atoms with Crippen molar-refractivity contribution in [3.63, 3.8) is 0 Å². The third-order valence-electron chi connectivity index (χ3n) is 3.33. The van der Waals surface area contributed by atoms with Gasteiger partial charge in [-0.3, -0.25) is 0 Å². The van der Waals surface area contributed by atoms with Crippen LogP contribution < -0.4 is 0 Å². The van der Waals surface area contributed by atoms with Crippen LogP contribution in [0.3, 0.4) is 0 Å². The molecule has 94 valence electrons. The Morgan fingerprint density at radius 1 is 1.31 bits per heavy atom. The maximum absolute atomic E-state index is 12.3. The highest BCUT2D eigenvalue weighted by molar-refractivity contribution is 5.74. The first-order chi connectivity index (χ1) is 7.60. The molecule has 0 aromatic heterocycles. The maximum Gasteiger partial charge on any atom is 0.320 e. The minimum absolute atomic E-state index is 0.202. The number of nitrogens with zero attached hydrogens (tertiary/aromatic N) is 3. The summed E-state index contributed by atoms with van der Waals surface area (Å²) in [6.45, 7) is 10.8. The predicted molar refractivity (Wildman–Crippen MR) is 66.6 cm³/mol. The second-order valence-electron chi connectivity index (χ2n) is 4.61. The molecule has 4 heteroatoms. The van der Waals surface area contributed by atoms with Crippen LogP contribution in [0.5, 0.6) is 0 Å². The van der Waals surface area contributed by atoms with Crippen molar-refractivity contribution >= 4 is 6.03 Å². The van der Waals surface area contributed by atoms with Crippen molar-refractivity contribution in [2.75, 3.05) is 39.8 Å². The second-order valence-corrected chi connectivity index (χ2v) is 4.61. The topological polar surface area (TPSA) is 26.8 Å². The van der Waals surface area contributed by atoms with Crippen LogP contribution in [0, 0.1) is 0 Å². The molecule has 0 aromatic rings. The van der Waals surface area contributed by atoms with Crippen LogP contribution in [0.25, 0.3) is 0 Å². The Kier molecular flexibility index (Phi) is 5.06. The summed E-state index contributed by atoms with van der Waals surface area (Å²) >= 11 is 0. The number of urea groups is 1. The molecule has 1 atom stereocenters. The Labute approximate surface area is 99.2 Å². The van der Waals surface area contributed by atoms with Gasteiger partial charge in [0, 0.05) is 32.2 Å². The summed E-state index contributed by atoms with van der Waals surface area (Å²) in [4.78, 5) is 18.5. The molecule has 0 radical (unpaired) electrons. The Bertz CT molecular complexity index is 228. The van der Waals surface area contributed by atoms with E-state index in [0.717, 1.165) is 39.1 Å². The molecule has 16 heavy (non-hydrogen) atoms. The van der Waals surface area contributed by atoms with Gasteiger partial charge >= 0.3 is 6.03 Å². The van der Waals surface area contributed by atoms with Gasteiger partial charge in [-0.25, -0.2) is 4.79 Å². The number of hydrogen-bond acceptors (Lipinski definition) is 2. The van der Waals surface area contributed by atoms with E-state index >= 15 is 0 Å². The van der Waals surface area contributed by atoms with E-state index in [0.29, 0.717) is 6.04 Å². The van der Waals surface area contributed by atoms with Crippen molar-refractivity contribution in [2.45, 2.75) is 33.2 Å². The molecule has 2 amide bonds. The van der Waals surface area contributed by atoms with Gasteiger partial charge in [-0.15, -0.1) is 0 Å². The number of carbonyl (C=O) groups excluding carboxylic acids is 1. The lowest BCUT2D eigenvalue weighted by atomic mass is 10.3. The van der Waals surface area contributed by atoms with E-state index in [1.807, 2.05) is 23.6 Å². The van der Waals surface area contributed by atoms with Gasteiger partial charge in [0.25, 0.3) is 0 Å². The molecule has 0 aromatic carbocycles. The smallest absolute Gasteiger partial charge is 0.320 e. The highest BCUT2D eigenvalue weighted by atomic mass is 16.2. The Balaban J connectivity index is 2.66. The monoisotopic (exact) mass is 227 g/mol. The van der Waals surface area contributed by atoms with Crippen molar-refractivity contribution in [3.8, 4) is 0 Å². The van der Waals surface area contributed by atoms with Gasteiger partial charge in [-0.2, -0.15) is 0 Å². The van der Waals surface area contributed by atoms with Crippen LogP contribution in [0.2, 0.25) is 0 Å². The molecule has 1 unspecified atom stereocenters. The lowest BCUT2D eigenvalue weighted by molar-refractivity contribution is 0.140. The van der Waals surface area contributed by atoms with Gasteiger partial charge < -0.3 is 14.7 Å². The molecule has 4 nitrogen and oxygen atoms in total. The minimum atomic E-state index is 0.202. The highest BCUT2D eigenvalue weighted by Gasteiger charge is 2.26. The summed E-state index contributed by atoms with van der Waals surface area (Å²) in [5, 5.41) is 0. The number of hydrogen-bond donors (Lipinski definition) is 0. The van der Waals surface area contributed by atoms with Gasteiger partial charge in [0.15, 0.2) is 0 Å². The normalized spacial score (nSPS) is 23.0. The van der Waals surface area contributed by atoms with Gasteiger partial charge in [0.2, 0.25) is 0 Å². The van der Waals surface area contributed by atoms with E-state index in [4.69, 9.17) is 0 Å². The second kappa shape index (κ2) is 6.09. The lowest BCUT2D eigenvalue weighted by Gasteiger charge is -2.32. The van der Waals surface area contributed by atoms with Crippen LogP contribution in [0.4, 0.5) is 4.79 Å². The summed E-state index contributed by atoms with van der Waals surface area (Å²) in [6, 6.07) is 0.522. The van der Waals surface area contributed by atoms with Crippen LogP contribution in [0.1, 0.15) is 27.2 Å². The molecule has 0 saturated carbocycles. The largest absolute Gasteiger partial charge is 0.325 e. The van der Waals surface area contributed by atoms with E-state index in [-0.39, 0.29) is 6.03 Å². The Morgan fingerprint density at radius 2 is 1.94 bits per heavy atom. The summed E-state index contributed by atoms with van der Waals surface area (Å²) in [6.07, 6.45) is 1.08. The molecule has 1 aliphatic heterocycles. The number of rotatable bonds is 2. The highest BCUT2D eigenvalue weighted by Crippen LogP contribution is 2.11. The van der Waals surface area contributed by atoms with Crippen molar-refractivity contribution in [3.05, 3.63) is 0 Å². The zero-order chi connectivity index (χ0) is 12.1. The minimum Gasteiger partial charge on any atom is -0.325 e. The third kappa shape index (κ3) is 3.11. The average molecular weight is 227 g/mol. The van der Waals surface area contributed by atoms with E-state index < -0.39 is 0 Å². The fourth-order valence-corrected chi connectivity index (χ4v) is 2.33. The summed E-state index contributed by atoms with van der Waals surface area (Å²) < 4.78 is 0. The third-order valence-corrected chi connectivity index (χ3v) is 3.33. The predicted octanol–water partition coefficient (Wildman–Crippen LogP) is 1.47. The first kappa shape index (κ1) is 13.3. The van der Waals surface area contributed by atoms with E-state index in [1.54, 1.807) is 0 Å². The number of amides is 2. The molecular formula is C12H25N3O. The van der Waals surface area contributed by atoms with Crippen molar-refractivity contribution in [1.29, 1.82) is 0 Å². The fourth-order valence-electron chi connectivity index (χ4n) is 2.33. The molecule has 1 fully saturated rings. The molecular weight excluding hydrogens is 202 g/mol. The van der Waals surface area contributed by atoms with Crippen LogP contribution >= 0.6 is 0 Å². The van der Waals surface area contributed by atoms with Gasteiger partial charge in [0.1, 0.15) is 0 Å². The first-order valence-corrected chi connectivity index (χ1v) is 6.34. The van der Waals surface area contributed by atoms with Crippen molar-refractivity contribution < 1.29 is 4.79 Å². The van der Waals surface area contributed by atoms with Crippen molar-refractivity contribution in [2.24, 2.45) is 0 Å². The van der Waals surface area contributed by atoms with Gasteiger partial charge in [-0.05, 0) is 40.8 Å². The molecule has 1 saturated heterocycles. The molecule has 1 aliphatic rings. The van der Waals surface area contributed by atoms with E-state index in [9.17, 15) is 4.79 Å². The Morgan fingerprint density at radius 3 is 2.50 bits per heavy atom. The van der Waals surface area contributed by atoms with Crippen LogP contribution in [0.15, 0.2) is 0 Å². The molecule has 0 aliphatic carbocycles. The van der Waals surface area contributed by atoms with Gasteiger partial charge in [0.05, 0.1) is 0 Å². The standard InChI is InChI=1S/C12H25N3O/c1-5-14(6-2)12(16)15-9-7-8-13(4)10-11(15)3/h11H,5-10H2,1-4H3. The zero-order valence-corrected chi connectivity index (χ0v) is 11.1. The summed E-state index contributed by atoms with van der Waals surface area (Å²) in [5.74, 6) is 0.